The van der Waals surface area contributed by atoms with Crippen molar-refractivity contribution in [1.82, 2.24) is 9.03 Å². The summed E-state index contributed by atoms with van der Waals surface area (Å²) in [5, 5.41) is 8.60. The average molecular weight is 254 g/mol. The lowest BCUT2D eigenvalue weighted by atomic mass is 10.5. The highest BCUT2D eigenvalue weighted by Gasteiger charge is 2.23. The zero-order chi connectivity index (χ0) is 12.6. The van der Waals surface area contributed by atoms with E-state index in [1.807, 2.05) is 6.92 Å². The summed E-state index contributed by atoms with van der Waals surface area (Å²) in [6.07, 6.45) is 0.643. The minimum absolute atomic E-state index is 0.0157. The highest BCUT2D eigenvalue weighted by Crippen LogP contribution is 1.98. The molecular weight excluding hydrogens is 236 g/mol. The van der Waals surface area contributed by atoms with E-state index in [0.29, 0.717) is 6.42 Å². The number of nitrogens with zero attached hydrogens (tertiary/aromatic N) is 1. The standard InChI is InChI=1S/C8H18N2O5S/c1-3-4-9-16(13,14)10(5-6-15-2)7-8(11)12/h9H,3-7H2,1-2H3,(H,11,12). The van der Waals surface area contributed by atoms with Gasteiger partial charge in [0.1, 0.15) is 6.54 Å². The zero-order valence-electron chi connectivity index (χ0n) is 9.47. The SMILES string of the molecule is CCCNS(=O)(=O)N(CCOC)CC(=O)O. The molecule has 0 aromatic heterocycles. The molecule has 0 amide bonds. The fraction of sp³-hybridized carbons (Fsp3) is 0.875. The van der Waals surface area contributed by atoms with Crippen LogP contribution < -0.4 is 4.72 Å². The number of methoxy groups -OCH3 is 1. The van der Waals surface area contributed by atoms with Gasteiger partial charge in [0.05, 0.1) is 6.61 Å². The van der Waals surface area contributed by atoms with Gasteiger partial charge in [-0.15, -0.1) is 0 Å². The Kier molecular flexibility index (Phi) is 7.22. The third-order valence-electron chi connectivity index (χ3n) is 1.73. The lowest BCUT2D eigenvalue weighted by Crippen LogP contribution is -2.45. The Balaban J connectivity index is 4.52. The molecule has 0 aromatic rings. The van der Waals surface area contributed by atoms with Gasteiger partial charge in [0.25, 0.3) is 10.2 Å². The Morgan fingerprint density at radius 2 is 2.12 bits per heavy atom. The van der Waals surface area contributed by atoms with Gasteiger partial charge in [0.15, 0.2) is 0 Å². The van der Waals surface area contributed by atoms with Crippen molar-refractivity contribution >= 4 is 16.2 Å². The topological polar surface area (TPSA) is 95.9 Å². The fourth-order valence-corrected chi connectivity index (χ4v) is 2.19. The molecule has 0 aliphatic carbocycles. The highest BCUT2D eigenvalue weighted by atomic mass is 32.2. The van der Waals surface area contributed by atoms with Gasteiger partial charge in [0, 0.05) is 20.2 Å². The molecule has 0 aromatic carbocycles. The number of hydrogen-bond acceptors (Lipinski definition) is 4. The lowest BCUT2D eigenvalue weighted by molar-refractivity contribution is -0.137. The second-order valence-electron chi connectivity index (χ2n) is 3.12. The van der Waals surface area contributed by atoms with Crippen molar-refractivity contribution in [2.24, 2.45) is 0 Å². The number of ether oxygens (including phenoxy) is 1. The van der Waals surface area contributed by atoms with Crippen LogP contribution in [0.4, 0.5) is 0 Å². The average Bonchev–Trinajstić information content (AvgIpc) is 2.20. The van der Waals surface area contributed by atoms with E-state index in [0.717, 1.165) is 4.31 Å². The molecule has 0 radical (unpaired) electrons. The van der Waals surface area contributed by atoms with E-state index in [9.17, 15) is 13.2 Å². The largest absolute Gasteiger partial charge is 0.480 e. The van der Waals surface area contributed by atoms with Crippen molar-refractivity contribution < 1.29 is 23.1 Å². The predicted octanol–water partition coefficient (Wildman–Crippen LogP) is -0.736. The van der Waals surface area contributed by atoms with Crippen LogP contribution in [-0.4, -0.2) is 57.1 Å². The van der Waals surface area contributed by atoms with Crippen molar-refractivity contribution in [3.63, 3.8) is 0 Å². The van der Waals surface area contributed by atoms with Crippen molar-refractivity contribution in [1.29, 1.82) is 0 Å². The van der Waals surface area contributed by atoms with Gasteiger partial charge in [-0.2, -0.15) is 12.7 Å². The molecule has 0 saturated heterocycles. The Bertz CT molecular complexity index is 304. The van der Waals surface area contributed by atoms with Gasteiger partial charge < -0.3 is 9.84 Å². The quantitative estimate of drug-likeness (QED) is 0.565. The van der Waals surface area contributed by atoms with E-state index < -0.39 is 22.7 Å². The molecule has 8 heteroatoms. The zero-order valence-corrected chi connectivity index (χ0v) is 10.3. The minimum atomic E-state index is -3.73. The van der Waals surface area contributed by atoms with E-state index in [-0.39, 0.29) is 19.7 Å². The Morgan fingerprint density at radius 3 is 2.56 bits per heavy atom. The van der Waals surface area contributed by atoms with Crippen LogP contribution in [0, 0.1) is 0 Å². The van der Waals surface area contributed by atoms with E-state index in [1.54, 1.807) is 0 Å². The van der Waals surface area contributed by atoms with E-state index >= 15 is 0 Å². The number of carboxylic acids is 1. The molecule has 0 saturated carbocycles. The Labute approximate surface area is 95.6 Å². The van der Waals surface area contributed by atoms with Gasteiger partial charge in [-0.1, -0.05) is 6.92 Å². The van der Waals surface area contributed by atoms with Crippen LogP contribution in [0.15, 0.2) is 0 Å². The second kappa shape index (κ2) is 7.55. The van der Waals surface area contributed by atoms with Crippen LogP contribution in [0.1, 0.15) is 13.3 Å². The third-order valence-corrected chi connectivity index (χ3v) is 3.29. The van der Waals surface area contributed by atoms with Crippen molar-refractivity contribution in [2.45, 2.75) is 13.3 Å². The molecule has 0 spiro atoms. The molecule has 0 aliphatic heterocycles. The van der Waals surface area contributed by atoms with Crippen molar-refractivity contribution in [3.8, 4) is 0 Å². The molecule has 0 bridgehead atoms. The Hall–Kier alpha value is -0.700. The first kappa shape index (κ1) is 15.3. The summed E-state index contributed by atoms with van der Waals surface area (Å²) in [6, 6.07) is 0. The number of hydrogen-bond donors (Lipinski definition) is 2. The maximum Gasteiger partial charge on any atom is 0.318 e. The highest BCUT2D eigenvalue weighted by molar-refractivity contribution is 7.87. The molecule has 0 aliphatic rings. The maximum atomic E-state index is 11.6. The first-order valence-electron chi connectivity index (χ1n) is 4.89. The number of carboxylic acid groups (broad SMARTS) is 1. The molecule has 0 fully saturated rings. The molecule has 0 atom stereocenters. The van der Waals surface area contributed by atoms with Crippen molar-refractivity contribution in [3.05, 3.63) is 0 Å². The van der Waals surface area contributed by atoms with Crippen LogP contribution >= 0.6 is 0 Å². The molecular formula is C8H18N2O5S. The predicted molar refractivity (Wildman–Crippen MR) is 58.3 cm³/mol. The maximum absolute atomic E-state index is 11.6. The smallest absolute Gasteiger partial charge is 0.318 e. The number of carbonyl (C=O) groups is 1. The van der Waals surface area contributed by atoms with Gasteiger partial charge in [-0.25, -0.2) is 4.72 Å². The second-order valence-corrected chi connectivity index (χ2v) is 4.87. The summed E-state index contributed by atoms with van der Waals surface area (Å²) in [6.45, 7) is 1.70. The summed E-state index contributed by atoms with van der Waals surface area (Å²) >= 11 is 0. The van der Waals surface area contributed by atoms with Crippen LogP contribution in [0.2, 0.25) is 0 Å². The fourth-order valence-electron chi connectivity index (χ4n) is 0.951. The minimum Gasteiger partial charge on any atom is -0.480 e. The summed E-state index contributed by atoms with van der Waals surface area (Å²) in [5.41, 5.74) is 0. The van der Waals surface area contributed by atoms with Crippen LogP contribution in [0.3, 0.4) is 0 Å². The van der Waals surface area contributed by atoms with Crippen molar-refractivity contribution in [2.75, 3.05) is 33.4 Å². The van der Waals surface area contributed by atoms with E-state index in [4.69, 9.17) is 9.84 Å². The van der Waals surface area contributed by atoms with E-state index in [1.165, 1.54) is 7.11 Å². The van der Waals surface area contributed by atoms with Crippen LogP contribution in [-0.2, 0) is 19.7 Å². The molecule has 2 N–H and O–H groups in total. The number of nitrogens with one attached hydrogen (secondary N) is 1. The monoisotopic (exact) mass is 254 g/mol. The van der Waals surface area contributed by atoms with E-state index in [2.05, 4.69) is 4.72 Å². The molecule has 0 unspecified atom stereocenters. The summed E-state index contributed by atoms with van der Waals surface area (Å²) in [4.78, 5) is 10.5. The first-order chi connectivity index (χ1) is 7.44. The van der Waals surface area contributed by atoms with Crippen LogP contribution in [0.25, 0.3) is 0 Å². The third kappa shape index (κ3) is 6.01. The van der Waals surface area contributed by atoms with Crippen LogP contribution in [0.5, 0.6) is 0 Å². The molecule has 16 heavy (non-hydrogen) atoms. The Morgan fingerprint density at radius 1 is 1.50 bits per heavy atom. The summed E-state index contributed by atoms with van der Waals surface area (Å²) < 4.78 is 31.1. The molecule has 7 nitrogen and oxygen atoms in total. The summed E-state index contributed by atoms with van der Waals surface area (Å²) in [5.74, 6) is -1.20. The summed E-state index contributed by atoms with van der Waals surface area (Å²) in [7, 11) is -2.31. The van der Waals surface area contributed by atoms with Gasteiger partial charge in [0.2, 0.25) is 0 Å². The van der Waals surface area contributed by atoms with Gasteiger partial charge >= 0.3 is 5.97 Å². The molecule has 0 heterocycles. The molecule has 0 rings (SSSR count). The first-order valence-corrected chi connectivity index (χ1v) is 6.33. The lowest BCUT2D eigenvalue weighted by Gasteiger charge is -2.19. The number of aliphatic carboxylic acids is 1. The van der Waals surface area contributed by atoms with Gasteiger partial charge in [-0.05, 0) is 6.42 Å². The molecule has 96 valence electrons. The number of rotatable bonds is 9. The normalized spacial score (nSPS) is 11.9. The van der Waals surface area contributed by atoms with Gasteiger partial charge in [-0.3, -0.25) is 4.79 Å².